The van der Waals surface area contributed by atoms with Crippen LogP contribution in [0.2, 0.25) is 0 Å². The van der Waals surface area contributed by atoms with Crippen molar-refractivity contribution in [2.24, 2.45) is 5.73 Å². The first-order valence-electron chi connectivity index (χ1n) is 3.65. The van der Waals surface area contributed by atoms with Crippen LogP contribution in [0.15, 0.2) is 11.4 Å². The average molecular weight is 171 g/mol. The van der Waals surface area contributed by atoms with Crippen molar-refractivity contribution < 1.29 is 5.11 Å². The third-order valence-electron chi connectivity index (χ3n) is 1.62. The number of thiophene rings is 1. The van der Waals surface area contributed by atoms with Gasteiger partial charge in [-0.05, 0) is 30.4 Å². The van der Waals surface area contributed by atoms with E-state index < -0.39 is 0 Å². The summed E-state index contributed by atoms with van der Waals surface area (Å²) in [6.07, 6.45) is 0.649. The lowest BCUT2D eigenvalue weighted by molar-refractivity contribution is 0.276. The molecule has 0 spiro atoms. The van der Waals surface area contributed by atoms with Crippen LogP contribution >= 0.6 is 11.3 Å². The molecule has 0 saturated carbocycles. The molecule has 0 aliphatic heterocycles. The second-order valence-corrected chi connectivity index (χ2v) is 3.72. The maximum absolute atomic E-state index is 8.63. The molecule has 0 amide bonds. The summed E-state index contributed by atoms with van der Waals surface area (Å²) in [5.41, 5.74) is 6.91. The lowest BCUT2D eigenvalue weighted by atomic mass is 10.1. The molecule has 3 N–H and O–H groups in total. The van der Waals surface area contributed by atoms with E-state index in [1.165, 1.54) is 4.88 Å². The van der Waals surface area contributed by atoms with E-state index in [-0.39, 0.29) is 12.6 Å². The molecular formula is C8H13NOS. The van der Waals surface area contributed by atoms with Gasteiger partial charge in [-0.3, -0.25) is 0 Å². The molecule has 0 aromatic carbocycles. The second-order valence-electron chi connectivity index (χ2n) is 2.61. The minimum absolute atomic E-state index is 0.00458. The maximum Gasteiger partial charge on any atom is 0.0449 e. The van der Waals surface area contributed by atoms with Gasteiger partial charge < -0.3 is 10.8 Å². The molecule has 62 valence electrons. The van der Waals surface area contributed by atoms with Gasteiger partial charge in [-0.25, -0.2) is 0 Å². The van der Waals surface area contributed by atoms with Crippen molar-refractivity contribution in [2.45, 2.75) is 19.4 Å². The number of hydrogen-bond donors (Lipinski definition) is 2. The van der Waals surface area contributed by atoms with Crippen LogP contribution in [0.5, 0.6) is 0 Å². The number of aliphatic hydroxyl groups is 1. The fraction of sp³-hybridized carbons (Fsp3) is 0.500. The molecule has 11 heavy (non-hydrogen) atoms. The van der Waals surface area contributed by atoms with Crippen LogP contribution in [0.4, 0.5) is 0 Å². The van der Waals surface area contributed by atoms with Gasteiger partial charge in [-0.2, -0.15) is 0 Å². The van der Waals surface area contributed by atoms with Crippen LogP contribution in [0.1, 0.15) is 22.9 Å². The van der Waals surface area contributed by atoms with Crippen LogP contribution < -0.4 is 5.73 Å². The summed E-state index contributed by atoms with van der Waals surface area (Å²) in [7, 11) is 0. The Morgan fingerprint density at radius 1 is 1.73 bits per heavy atom. The Hall–Kier alpha value is -0.380. The molecule has 0 saturated heterocycles. The van der Waals surface area contributed by atoms with Crippen LogP contribution in [0.3, 0.4) is 0 Å². The van der Waals surface area contributed by atoms with Gasteiger partial charge in [0, 0.05) is 17.5 Å². The quantitative estimate of drug-likeness (QED) is 0.723. The van der Waals surface area contributed by atoms with Crippen LogP contribution in [-0.2, 0) is 0 Å². The Kier molecular flexibility index (Phi) is 3.05. The van der Waals surface area contributed by atoms with Crippen molar-refractivity contribution in [1.29, 1.82) is 0 Å². The first-order valence-corrected chi connectivity index (χ1v) is 4.53. The highest BCUT2D eigenvalue weighted by atomic mass is 32.1. The van der Waals surface area contributed by atoms with Gasteiger partial charge in [-0.1, -0.05) is 0 Å². The number of hydrogen-bond acceptors (Lipinski definition) is 3. The van der Waals surface area contributed by atoms with E-state index in [4.69, 9.17) is 10.8 Å². The SMILES string of the molecule is Cc1cc([C@H](N)CCO)cs1. The molecule has 0 unspecified atom stereocenters. The monoisotopic (exact) mass is 171 g/mol. The molecule has 1 heterocycles. The van der Waals surface area contributed by atoms with Gasteiger partial charge in [0.1, 0.15) is 0 Å². The summed E-state index contributed by atoms with van der Waals surface area (Å²) in [4.78, 5) is 1.27. The van der Waals surface area contributed by atoms with Gasteiger partial charge in [0.05, 0.1) is 0 Å². The predicted molar refractivity (Wildman–Crippen MR) is 47.7 cm³/mol. The van der Waals surface area contributed by atoms with Crippen LogP contribution in [-0.4, -0.2) is 11.7 Å². The van der Waals surface area contributed by atoms with Gasteiger partial charge >= 0.3 is 0 Å². The highest BCUT2D eigenvalue weighted by Crippen LogP contribution is 2.20. The maximum atomic E-state index is 8.63. The Balaban J connectivity index is 2.60. The van der Waals surface area contributed by atoms with Crippen molar-refractivity contribution in [3.63, 3.8) is 0 Å². The molecule has 0 bridgehead atoms. The van der Waals surface area contributed by atoms with Gasteiger partial charge in [0.2, 0.25) is 0 Å². The zero-order chi connectivity index (χ0) is 8.27. The molecule has 1 aromatic heterocycles. The minimum Gasteiger partial charge on any atom is -0.396 e. The van der Waals surface area contributed by atoms with Crippen LogP contribution in [0, 0.1) is 6.92 Å². The number of rotatable bonds is 3. The van der Waals surface area contributed by atoms with Crippen molar-refractivity contribution >= 4 is 11.3 Å². The highest BCUT2D eigenvalue weighted by molar-refractivity contribution is 7.10. The number of aryl methyl sites for hydroxylation is 1. The third kappa shape index (κ3) is 2.29. The molecule has 1 atom stereocenters. The molecule has 3 heteroatoms. The molecular weight excluding hydrogens is 158 g/mol. The van der Waals surface area contributed by atoms with E-state index in [2.05, 4.69) is 18.4 Å². The van der Waals surface area contributed by atoms with E-state index in [1.54, 1.807) is 11.3 Å². The van der Waals surface area contributed by atoms with Crippen LogP contribution in [0.25, 0.3) is 0 Å². The molecule has 0 fully saturated rings. The van der Waals surface area contributed by atoms with E-state index >= 15 is 0 Å². The number of aliphatic hydroxyl groups excluding tert-OH is 1. The summed E-state index contributed by atoms with van der Waals surface area (Å²) in [6.45, 7) is 2.22. The largest absolute Gasteiger partial charge is 0.396 e. The summed E-state index contributed by atoms with van der Waals surface area (Å²) in [6, 6.07) is 2.08. The summed E-state index contributed by atoms with van der Waals surface area (Å²) < 4.78 is 0. The standard InChI is InChI=1S/C8H13NOS/c1-6-4-7(5-11-6)8(9)2-3-10/h4-5,8,10H,2-3,9H2,1H3/t8-/m1/s1. The van der Waals surface area contributed by atoms with E-state index in [0.29, 0.717) is 6.42 Å². The van der Waals surface area contributed by atoms with E-state index in [0.717, 1.165) is 5.56 Å². The topological polar surface area (TPSA) is 46.2 Å². The Morgan fingerprint density at radius 3 is 2.91 bits per heavy atom. The van der Waals surface area contributed by atoms with Crippen molar-refractivity contribution in [1.82, 2.24) is 0 Å². The number of nitrogens with two attached hydrogens (primary N) is 1. The fourth-order valence-corrected chi connectivity index (χ4v) is 1.73. The molecule has 0 aliphatic carbocycles. The van der Waals surface area contributed by atoms with Crippen molar-refractivity contribution in [2.75, 3.05) is 6.61 Å². The summed E-state index contributed by atoms with van der Waals surface area (Å²) in [5.74, 6) is 0. The molecule has 0 aliphatic rings. The Labute approximate surface area is 70.7 Å². The minimum atomic E-state index is 0.00458. The smallest absolute Gasteiger partial charge is 0.0449 e. The van der Waals surface area contributed by atoms with Crippen molar-refractivity contribution in [3.05, 3.63) is 21.9 Å². The normalized spacial score (nSPS) is 13.4. The molecule has 0 radical (unpaired) electrons. The lowest BCUT2D eigenvalue weighted by Gasteiger charge is -2.05. The van der Waals surface area contributed by atoms with Crippen molar-refractivity contribution in [3.8, 4) is 0 Å². The summed E-state index contributed by atoms with van der Waals surface area (Å²) in [5, 5.41) is 10.7. The average Bonchev–Trinajstić information content (AvgIpc) is 2.36. The molecule has 1 rings (SSSR count). The van der Waals surface area contributed by atoms with Gasteiger partial charge in [-0.15, -0.1) is 11.3 Å². The second kappa shape index (κ2) is 3.85. The Bertz CT molecular complexity index is 222. The predicted octanol–water partition coefficient (Wildman–Crippen LogP) is 1.44. The Morgan fingerprint density at radius 2 is 2.45 bits per heavy atom. The van der Waals surface area contributed by atoms with E-state index in [9.17, 15) is 0 Å². The zero-order valence-corrected chi connectivity index (χ0v) is 7.40. The van der Waals surface area contributed by atoms with E-state index in [1.807, 2.05) is 0 Å². The first kappa shape index (κ1) is 8.71. The molecule has 1 aromatic rings. The fourth-order valence-electron chi connectivity index (χ4n) is 0.964. The first-order chi connectivity index (χ1) is 5.24. The molecule has 2 nitrogen and oxygen atoms in total. The third-order valence-corrected chi connectivity index (χ3v) is 2.50. The summed E-state index contributed by atoms with van der Waals surface area (Å²) >= 11 is 1.70. The highest BCUT2D eigenvalue weighted by Gasteiger charge is 2.05. The zero-order valence-electron chi connectivity index (χ0n) is 6.58. The lowest BCUT2D eigenvalue weighted by Crippen LogP contribution is -2.10. The van der Waals surface area contributed by atoms with Gasteiger partial charge in [0.25, 0.3) is 0 Å². The van der Waals surface area contributed by atoms with Gasteiger partial charge in [0.15, 0.2) is 0 Å².